The van der Waals surface area contributed by atoms with E-state index in [1.165, 1.54) is 19.5 Å². The Hall–Kier alpha value is -6.18. The number of benzene rings is 2. The Balaban J connectivity index is 0.000000191. The summed E-state index contributed by atoms with van der Waals surface area (Å²) in [5, 5.41) is 0. The number of methoxy groups -OCH3 is 3. The maximum Gasteiger partial charge on any atom is 0.339 e. The fourth-order valence-electron chi connectivity index (χ4n) is 7.74. The normalized spacial score (nSPS) is 16.9. The van der Waals surface area contributed by atoms with E-state index in [0.29, 0.717) is 72.3 Å². The highest BCUT2D eigenvalue weighted by molar-refractivity contribution is 5.97. The van der Waals surface area contributed by atoms with Crippen LogP contribution < -0.4 is 25.0 Å². The minimum Gasteiger partial charge on any atom is -0.497 e. The molecule has 4 amide bonds. The highest BCUT2D eigenvalue weighted by Crippen LogP contribution is 2.27. The van der Waals surface area contributed by atoms with E-state index < -0.39 is 5.97 Å². The number of carbonyl (C=O) groups excluding carboxylic acids is 4. The first kappa shape index (κ1) is 45.8. The molecule has 4 fully saturated rings. The number of pyridine rings is 2. The first-order chi connectivity index (χ1) is 31.2. The summed E-state index contributed by atoms with van der Waals surface area (Å²) in [7, 11) is 4.53. The number of ether oxygens (including phenoxy) is 5. The summed E-state index contributed by atoms with van der Waals surface area (Å²) in [5.74, 6) is 0.732. The number of piperazine rings is 2. The van der Waals surface area contributed by atoms with Crippen LogP contribution in [0.1, 0.15) is 32.1 Å². The lowest BCUT2D eigenvalue weighted by molar-refractivity contribution is -0.0738. The van der Waals surface area contributed by atoms with Crippen LogP contribution in [0, 0.1) is 0 Å². The second-order valence-corrected chi connectivity index (χ2v) is 15.8. The summed E-state index contributed by atoms with van der Waals surface area (Å²) < 4.78 is 26.0. The summed E-state index contributed by atoms with van der Waals surface area (Å²) in [6.45, 7) is 9.55. The zero-order chi connectivity index (χ0) is 45.0. The molecule has 18 heteroatoms. The van der Waals surface area contributed by atoms with Crippen LogP contribution in [-0.2, 0) is 27.3 Å². The van der Waals surface area contributed by atoms with Crippen LogP contribution in [-0.4, -0.2) is 172 Å². The third-order valence-corrected chi connectivity index (χ3v) is 11.9. The van der Waals surface area contributed by atoms with Crippen molar-refractivity contribution in [3.05, 3.63) is 108 Å². The molecule has 2 aromatic heterocycles. The maximum atomic E-state index is 13.6. The number of urea groups is 2. The number of esters is 1. The van der Waals surface area contributed by atoms with E-state index in [1.54, 1.807) is 48.3 Å². The molecule has 0 atom stereocenters. The van der Waals surface area contributed by atoms with Crippen molar-refractivity contribution < 1.29 is 42.9 Å². The number of anilines is 2. The molecule has 2 N–H and O–H groups in total. The van der Waals surface area contributed by atoms with Crippen molar-refractivity contribution in [2.45, 2.75) is 25.2 Å². The Morgan fingerprint density at radius 2 is 1.06 bits per heavy atom. The number of nitrogens with two attached hydrogens (primary N) is 1. The van der Waals surface area contributed by atoms with E-state index >= 15 is 0 Å². The van der Waals surface area contributed by atoms with Crippen LogP contribution in [0.5, 0.6) is 11.5 Å². The average molecular weight is 880 g/mol. The quantitative estimate of drug-likeness (QED) is 0.152. The zero-order valence-corrected chi connectivity index (χ0v) is 36.7. The molecule has 2 aromatic carbocycles. The molecule has 0 saturated carbocycles. The maximum absolute atomic E-state index is 13.6. The first-order valence-corrected chi connectivity index (χ1v) is 21.4. The molecular formula is C46H57N9O9. The predicted octanol–water partition coefficient (Wildman–Crippen LogP) is 3.39. The SMILES string of the molecule is COC(=O)c1ccc(CN(C(=O)N2CCN(C3COC3)CC2)c2cccc(OC)c2)nc1.COc1cccc(N(Cc2ccc(C(=O)CN)cn2)C(=O)N2CCN(C3COC3)CC2)c1. The topological polar surface area (TPSA) is 186 Å². The van der Waals surface area contributed by atoms with E-state index in [0.717, 1.165) is 64.0 Å². The molecule has 0 bridgehead atoms. The highest BCUT2D eigenvalue weighted by atomic mass is 16.5. The van der Waals surface area contributed by atoms with E-state index in [9.17, 15) is 19.2 Å². The van der Waals surface area contributed by atoms with Gasteiger partial charge in [-0.15, -0.1) is 0 Å². The number of aromatic nitrogens is 2. The molecular weight excluding hydrogens is 823 g/mol. The van der Waals surface area contributed by atoms with Crippen molar-refractivity contribution in [1.82, 2.24) is 29.6 Å². The minimum absolute atomic E-state index is 0.0611. The van der Waals surface area contributed by atoms with Gasteiger partial charge in [-0.25, -0.2) is 14.4 Å². The predicted molar refractivity (Wildman–Crippen MR) is 238 cm³/mol. The van der Waals surface area contributed by atoms with Crippen molar-refractivity contribution in [2.75, 3.05) is 116 Å². The Morgan fingerprint density at radius 1 is 0.625 bits per heavy atom. The van der Waals surface area contributed by atoms with Crippen LogP contribution >= 0.6 is 0 Å². The lowest BCUT2D eigenvalue weighted by Gasteiger charge is -2.43. The van der Waals surface area contributed by atoms with Crippen molar-refractivity contribution in [3.63, 3.8) is 0 Å². The number of amides is 4. The van der Waals surface area contributed by atoms with E-state index in [1.807, 2.05) is 58.3 Å². The van der Waals surface area contributed by atoms with Gasteiger partial charge in [0.05, 0.1) is 96.4 Å². The standard InChI is InChI=1S/C23H29N5O4.C23H28N4O5/c1-31-21-4-2-3-19(11-21)28(14-18-6-5-17(13-25-18)22(29)12-24)23(30)27-9-7-26(8-10-27)20-15-32-16-20;1-30-21-5-3-4-19(12-21)27(14-18-7-6-17(13-24-18)22(28)31-2)23(29)26-10-8-25(9-11-26)20-15-32-16-20/h2-6,11,13,20H,7-10,12,14-16,24H2,1H3;3-7,12-13,20H,8-11,14-16H2,1-2H3. The molecule has 64 heavy (non-hydrogen) atoms. The van der Waals surface area contributed by atoms with Crippen molar-refractivity contribution >= 4 is 35.2 Å². The number of hydrogen-bond acceptors (Lipinski definition) is 14. The first-order valence-electron chi connectivity index (χ1n) is 21.4. The second kappa shape index (κ2) is 21.9. The third kappa shape index (κ3) is 11.3. The molecule has 0 radical (unpaired) electrons. The number of carbonyl (C=O) groups is 4. The third-order valence-electron chi connectivity index (χ3n) is 11.9. The van der Waals surface area contributed by atoms with Gasteiger partial charge in [0, 0.05) is 93.8 Å². The van der Waals surface area contributed by atoms with Crippen LogP contribution in [0.3, 0.4) is 0 Å². The largest absolute Gasteiger partial charge is 0.497 e. The minimum atomic E-state index is -0.445. The Labute approximate surface area is 373 Å². The lowest BCUT2D eigenvalue weighted by Crippen LogP contribution is -2.59. The smallest absolute Gasteiger partial charge is 0.339 e. The van der Waals surface area contributed by atoms with Gasteiger partial charge in [0.2, 0.25) is 0 Å². The van der Waals surface area contributed by atoms with Crippen molar-refractivity contribution in [2.24, 2.45) is 5.73 Å². The summed E-state index contributed by atoms with van der Waals surface area (Å²) in [5.41, 5.74) is 9.06. The molecule has 4 aromatic rings. The molecule has 4 aliphatic rings. The molecule has 6 heterocycles. The van der Waals surface area contributed by atoms with Crippen LogP contribution in [0.25, 0.3) is 0 Å². The zero-order valence-electron chi connectivity index (χ0n) is 36.7. The molecule has 0 unspecified atom stereocenters. The molecule has 4 saturated heterocycles. The number of rotatable bonds is 13. The molecule has 0 aliphatic carbocycles. The van der Waals surface area contributed by atoms with Gasteiger partial charge in [-0.1, -0.05) is 12.1 Å². The van der Waals surface area contributed by atoms with Crippen molar-refractivity contribution in [3.8, 4) is 11.5 Å². The summed E-state index contributed by atoms with van der Waals surface area (Å²) in [4.78, 5) is 71.3. The highest BCUT2D eigenvalue weighted by Gasteiger charge is 2.34. The van der Waals surface area contributed by atoms with Crippen LogP contribution in [0.4, 0.5) is 21.0 Å². The molecule has 0 spiro atoms. The van der Waals surface area contributed by atoms with Gasteiger partial charge in [0.25, 0.3) is 0 Å². The van der Waals surface area contributed by atoms with E-state index in [-0.39, 0.29) is 37.5 Å². The van der Waals surface area contributed by atoms with Gasteiger partial charge in [-0.3, -0.25) is 34.4 Å². The van der Waals surface area contributed by atoms with Crippen LogP contribution in [0.15, 0.2) is 85.2 Å². The number of hydrogen-bond donors (Lipinski definition) is 1. The monoisotopic (exact) mass is 879 g/mol. The molecule has 340 valence electrons. The number of ketones is 1. The fraction of sp³-hybridized carbons (Fsp3) is 0.435. The van der Waals surface area contributed by atoms with E-state index in [4.69, 9.17) is 29.4 Å². The molecule has 18 nitrogen and oxygen atoms in total. The number of Topliss-reactive ketones (excluding diaryl/α,β-unsaturated/α-hetero) is 1. The molecule has 8 rings (SSSR count). The summed E-state index contributed by atoms with van der Waals surface area (Å²) in [6.07, 6.45) is 2.98. The average Bonchev–Trinajstić information content (AvgIpc) is 3.31. The lowest BCUT2D eigenvalue weighted by atomic mass is 10.1. The second-order valence-electron chi connectivity index (χ2n) is 15.8. The summed E-state index contributed by atoms with van der Waals surface area (Å²) in [6, 6.07) is 22.5. The van der Waals surface area contributed by atoms with Gasteiger partial charge >= 0.3 is 18.0 Å². The van der Waals surface area contributed by atoms with Crippen molar-refractivity contribution in [1.29, 1.82) is 0 Å². The van der Waals surface area contributed by atoms with Gasteiger partial charge < -0.3 is 39.2 Å². The summed E-state index contributed by atoms with van der Waals surface area (Å²) >= 11 is 0. The van der Waals surface area contributed by atoms with Gasteiger partial charge in [0.15, 0.2) is 5.78 Å². The van der Waals surface area contributed by atoms with E-state index in [2.05, 4.69) is 19.8 Å². The van der Waals surface area contributed by atoms with Gasteiger partial charge in [-0.2, -0.15) is 0 Å². The Bertz CT molecular complexity index is 2030. The molecule has 4 aliphatic heterocycles. The number of nitrogens with zero attached hydrogens (tertiary/aromatic N) is 8. The van der Waals surface area contributed by atoms with Crippen LogP contribution in [0.2, 0.25) is 0 Å². The Morgan fingerprint density at radius 3 is 1.41 bits per heavy atom. The van der Waals surface area contributed by atoms with Gasteiger partial charge in [-0.05, 0) is 48.5 Å². The fourth-order valence-corrected chi connectivity index (χ4v) is 7.74. The Kier molecular flexibility index (Phi) is 15.7. The van der Waals surface area contributed by atoms with Gasteiger partial charge in [0.1, 0.15) is 11.5 Å².